The predicted molar refractivity (Wildman–Crippen MR) is 68.6 cm³/mol. The van der Waals surface area contributed by atoms with Crippen molar-refractivity contribution in [1.82, 2.24) is 10.1 Å². The van der Waals surface area contributed by atoms with Gasteiger partial charge in [-0.15, -0.1) is 0 Å². The van der Waals surface area contributed by atoms with E-state index in [1.54, 1.807) is 25.3 Å². The molecule has 1 atom stereocenters. The molecule has 0 spiro atoms. The first-order valence-electron chi connectivity index (χ1n) is 5.66. The van der Waals surface area contributed by atoms with Crippen molar-refractivity contribution in [3.8, 4) is 11.5 Å². The lowest BCUT2D eigenvalue weighted by Crippen LogP contribution is -2.01. The van der Waals surface area contributed by atoms with Crippen LogP contribution in [-0.2, 0) is 4.74 Å². The summed E-state index contributed by atoms with van der Waals surface area (Å²) in [4.78, 5) is 4.29. The molecule has 0 aliphatic carbocycles. The molecule has 2 aromatic rings. The van der Waals surface area contributed by atoms with Crippen LogP contribution in [-0.4, -0.2) is 17.3 Å². The normalized spacial score (nSPS) is 12.6. The topological polar surface area (TPSA) is 100 Å². The number of aromatic nitrogens is 2. The number of hydrogen-bond donors (Lipinski definition) is 2. The van der Waals surface area contributed by atoms with Gasteiger partial charge in [-0.05, 0) is 24.6 Å². The minimum Gasteiger partial charge on any atom is -0.399 e. The fourth-order valence-electron chi connectivity index (χ4n) is 1.74. The van der Waals surface area contributed by atoms with E-state index >= 15 is 0 Å². The van der Waals surface area contributed by atoms with Crippen molar-refractivity contribution >= 4 is 11.4 Å². The Balaban J connectivity index is 2.34. The predicted octanol–water partition coefficient (Wildman–Crippen LogP) is 2.00. The Labute approximate surface area is 105 Å². The van der Waals surface area contributed by atoms with Crippen molar-refractivity contribution in [2.24, 2.45) is 0 Å². The first kappa shape index (κ1) is 12.4. The molecule has 6 nitrogen and oxygen atoms in total. The number of nitrogens with two attached hydrogens (primary N) is 2. The van der Waals surface area contributed by atoms with Gasteiger partial charge in [-0.1, -0.05) is 12.1 Å². The Morgan fingerprint density at radius 1 is 1.28 bits per heavy atom. The number of methoxy groups -OCH3 is 1. The van der Waals surface area contributed by atoms with Crippen molar-refractivity contribution in [2.75, 3.05) is 18.6 Å². The third kappa shape index (κ3) is 2.43. The van der Waals surface area contributed by atoms with Crippen LogP contribution in [0.3, 0.4) is 0 Å². The van der Waals surface area contributed by atoms with Gasteiger partial charge < -0.3 is 20.7 Å². The Morgan fingerprint density at radius 3 is 2.50 bits per heavy atom. The summed E-state index contributed by atoms with van der Waals surface area (Å²) in [7, 11) is 1.61. The van der Waals surface area contributed by atoms with E-state index in [0.29, 0.717) is 28.7 Å². The van der Waals surface area contributed by atoms with Gasteiger partial charge in [-0.2, -0.15) is 4.98 Å². The molecule has 0 saturated heterocycles. The molecular weight excluding hydrogens is 232 g/mol. The van der Waals surface area contributed by atoms with Crippen LogP contribution < -0.4 is 11.5 Å². The maximum atomic E-state index is 5.72. The van der Waals surface area contributed by atoms with Crippen molar-refractivity contribution in [1.29, 1.82) is 0 Å². The van der Waals surface area contributed by atoms with Crippen LogP contribution in [0.25, 0.3) is 11.5 Å². The smallest absolute Gasteiger partial charge is 0.258 e. The lowest BCUT2D eigenvalue weighted by atomic mass is 10.2. The summed E-state index contributed by atoms with van der Waals surface area (Å²) in [6.07, 6.45) is 0.607. The number of ether oxygens (including phenoxy) is 1. The average molecular weight is 248 g/mol. The highest BCUT2D eigenvalue weighted by Gasteiger charge is 2.17. The number of rotatable bonds is 4. The highest BCUT2D eigenvalue weighted by Crippen LogP contribution is 2.25. The molecule has 1 unspecified atom stereocenters. The molecule has 0 radical (unpaired) electrons. The summed E-state index contributed by atoms with van der Waals surface area (Å²) in [6.45, 7) is 1.99. The van der Waals surface area contributed by atoms with Gasteiger partial charge in [-0.25, -0.2) is 0 Å². The van der Waals surface area contributed by atoms with E-state index in [-0.39, 0.29) is 6.10 Å². The Hall–Kier alpha value is -2.08. The first-order valence-corrected chi connectivity index (χ1v) is 5.66. The van der Waals surface area contributed by atoms with Crippen molar-refractivity contribution < 1.29 is 9.26 Å². The number of anilines is 2. The molecule has 96 valence electrons. The van der Waals surface area contributed by atoms with E-state index in [2.05, 4.69) is 10.1 Å². The van der Waals surface area contributed by atoms with E-state index in [1.165, 1.54) is 0 Å². The van der Waals surface area contributed by atoms with Crippen LogP contribution in [0.2, 0.25) is 0 Å². The fraction of sp³-hybridized carbons (Fsp3) is 0.333. The molecule has 18 heavy (non-hydrogen) atoms. The molecule has 0 bridgehead atoms. The first-order chi connectivity index (χ1) is 8.63. The van der Waals surface area contributed by atoms with Gasteiger partial charge in [0.15, 0.2) is 0 Å². The minimum absolute atomic E-state index is 0.166. The SMILES string of the molecule is CCC(OC)c1noc(-c2cc(N)cc(N)c2)n1. The molecule has 2 rings (SSSR count). The maximum absolute atomic E-state index is 5.72. The largest absolute Gasteiger partial charge is 0.399 e. The van der Waals surface area contributed by atoms with Crippen LogP contribution in [0.4, 0.5) is 11.4 Å². The third-order valence-electron chi connectivity index (χ3n) is 2.61. The van der Waals surface area contributed by atoms with Gasteiger partial charge in [0.25, 0.3) is 5.89 Å². The summed E-state index contributed by atoms with van der Waals surface area (Å²) in [5.74, 6) is 0.912. The van der Waals surface area contributed by atoms with Crippen molar-refractivity contribution in [3.63, 3.8) is 0 Å². The number of benzene rings is 1. The van der Waals surface area contributed by atoms with E-state index in [1.807, 2.05) is 6.92 Å². The molecule has 0 amide bonds. The van der Waals surface area contributed by atoms with E-state index in [4.69, 9.17) is 20.7 Å². The van der Waals surface area contributed by atoms with Gasteiger partial charge in [0.2, 0.25) is 5.82 Å². The summed E-state index contributed by atoms with van der Waals surface area (Å²) in [5.41, 5.74) is 13.3. The number of nitrogen functional groups attached to an aromatic ring is 2. The molecule has 1 aromatic carbocycles. The van der Waals surface area contributed by atoms with Crippen LogP contribution in [0.1, 0.15) is 25.3 Å². The average Bonchev–Trinajstić information content (AvgIpc) is 2.79. The second-order valence-corrected chi connectivity index (χ2v) is 3.98. The molecule has 6 heteroatoms. The molecule has 1 aromatic heterocycles. The summed E-state index contributed by atoms with van der Waals surface area (Å²) in [5, 5.41) is 3.90. The molecule has 0 aliphatic heterocycles. The van der Waals surface area contributed by atoms with Crippen LogP contribution >= 0.6 is 0 Å². The van der Waals surface area contributed by atoms with Crippen LogP contribution in [0.5, 0.6) is 0 Å². The van der Waals surface area contributed by atoms with Crippen LogP contribution in [0, 0.1) is 0 Å². The zero-order valence-electron chi connectivity index (χ0n) is 10.4. The van der Waals surface area contributed by atoms with Gasteiger partial charge in [0.05, 0.1) is 0 Å². The second-order valence-electron chi connectivity index (χ2n) is 3.98. The molecule has 4 N–H and O–H groups in total. The Kier molecular flexibility index (Phi) is 3.47. The maximum Gasteiger partial charge on any atom is 0.258 e. The summed E-state index contributed by atoms with van der Waals surface area (Å²) < 4.78 is 10.4. The van der Waals surface area contributed by atoms with Crippen molar-refractivity contribution in [2.45, 2.75) is 19.4 Å². The standard InChI is InChI=1S/C12H16N4O2/c1-3-10(17-2)11-15-12(18-16-11)7-4-8(13)6-9(14)5-7/h4-6,10H,3,13-14H2,1-2H3. The Bertz CT molecular complexity index is 514. The zero-order valence-corrected chi connectivity index (χ0v) is 10.4. The summed E-state index contributed by atoms with van der Waals surface area (Å²) >= 11 is 0. The van der Waals surface area contributed by atoms with Gasteiger partial charge >= 0.3 is 0 Å². The van der Waals surface area contributed by atoms with Gasteiger partial charge in [0, 0.05) is 24.0 Å². The quantitative estimate of drug-likeness (QED) is 0.802. The lowest BCUT2D eigenvalue weighted by Gasteiger charge is -2.06. The molecular formula is C12H16N4O2. The second kappa shape index (κ2) is 5.05. The minimum atomic E-state index is -0.166. The van der Waals surface area contributed by atoms with Crippen LogP contribution in [0.15, 0.2) is 22.7 Å². The van der Waals surface area contributed by atoms with E-state index in [0.717, 1.165) is 6.42 Å². The monoisotopic (exact) mass is 248 g/mol. The number of nitrogens with zero attached hydrogens (tertiary/aromatic N) is 2. The van der Waals surface area contributed by atoms with Gasteiger partial charge in [-0.3, -0.25) is 0 Å². The molecule has 0 fully saturated rings. The summed E-state index contributed by atoms with van der Waals surface area (Å²) in [6, 6.07) is 5.15. The highest BCUT2D eigenvalue weighted by atomic mass is 16.5. The Morgan fingerprint density at radius 2 is 1.94 bits per heavy atom. The molecule has 0 aliphatic rings. The highest BCUT2D eigenvalue weighted by molar-refractivity contribution is 5.67. The third-order valence-corrected chi connectivity index (χ3v) is 2.61. The van der Waals surface area contributed by atoms with E-state index in [9.17, 15) is 0 Å². The van der Waals surface area contributed by atoms with Crippen molar-refractivity contribution in [3.05, 3.63) is 24.0 Å². The molecule has 0 saturated carbocycles. The van der Waals surface area contributed by atoms with E-state index < -0.39 is 0 Å². The van der Waals surface area contributed by atoms with Gasteiger partial charge in [0.1, 0.15) is 6.10 Å². The number of hydrogen-bond acceptors (Lipinski definition) is 6. The molecule has 1 heterocycles. The fourth-order valence-corrected chi connectivity index (χ4v) is 1.74. The zero-order chi connectivity index (χ0) is 13.1. The lowest BCUT2D eigenvalue weighted by molar-refractivity contribution is 0.0903.